The van der Waals surface area contributed by atoms with Crippen molar-refractivity contribution in [3.8, 4) is 17.1 Å². The van der Waals surface area contributed by atoms with Crippen LogP contribution in [0.4, 0.5) is 18.9 Å². The number of amides is 2. The smallest absolute Gasteiger partial charge is 0.406 e. The Morgan fingerprint density at radius 2 is 1.85 bits per heavy atom. The predicted molar refractivity (Wildman–Crippen MR) is 131 cm³/mol. The van der Waals surface area contributed by atoms with Gasteiger partial charge in [0.15, 0.2) is 9.84 Å². The van der Waals surface area contributed by atoms with Crippen molar-refractivity contribution in [1.82, 2.24) is 15.5 Å². The second-order valence-electron chi connectivity index (χ2n) is 9.81. The van der Waals surface area contributed by atoms with Crippen LogP contribution in [0.1, 0.15) is 37.0 Å². The lowest BCUT2D eigenvalue weighted by molar-refractivity contribution is -0.274. The summed E-state index contributed by atoms with van der Waals surface area (Å²) in [7, 11) is -4.00. The Kier molecular flexibility index (Phi) is 7.16. The second-order valence-corrected chi connectivity index (χ2v) is 11.8. The van der Waals surface area contributed by atoms with Gasteiger partial charge in [0.25, 0.3) is 0 Å². The number of ether oxygens (including phenoxy) is 1. The van der Waals surface area contributed by atoms with Crippen molar-refractivity contribution >= 4 is 27.3 Å². The molecule has 0 saturated heterocycles. The molecule has 15 heteroatoms. The molecule has 0 radical (unpaired) electrons. The van der Waals surface area contributed by atoms with Crippen molar-refractivity contribution in [3.63, 3.8) is 0 Å². The number of benzene rings is 2. The van der Waals surface area contributed by atoms with Crippen molar-refractivity contribution in [3.05, 3.63) is 53.9 Å². The fourth-order valence-electron chi connectivity index (χ4n) is 3.82. The molecule has 1 aliphatic rings. The molecule has 2 heterocycles. The number of carbonyl (C=O) groups is 2. The van der Waals surface area contributed by atoms with Gasteiger partial charge < -0.3 is 25.2 Å². The number of hydrogen-bond donors (Lipinski definition) is 2. The average molecular weight is 568 g/mol. The molecule has 0 spiro atoms. The lowest BCUT2D eigenvalue weighted by Crippen LogP contribution is -2.45. The van der Waals surface area contributed by atoms with E-state index in [1.54, 1.807) is 20.8 Å². The molecule has 11 nitrogen and oxygen atoms in total. The van der Waals surface area contributed by atoms with Gasteiger partial charge in [0, 0.05) is 11.1 Å². The third kappa shape index (κ3) is 6.54. The Morgan fingerprint density at radius 1 is 1.18 bits per heavy atom. The van der Waals surface area contributed by atoms with E-state index < -0.39 is 51.1 Å². The van der Waals surface area contributed by atoms with Crippen LogP contribution in [-0.2, 0) is 21.2 Å². The second kappa shape index (κ2) is 9.96. The van der Waals surface area contributed by atoms with Gasteiger partial charge in [-0.05, 0) is 56.7 Å². The molecule has 3 N–H and O–H groups in total. The first-order valence-electron chi connectivity index (χ1n) is 11.5. The molecule has 2 aromatic carbocycles. The summed E-state index contributed by atoms with van der Waals surface area (Å²) >= 11 is 0. The number of hydrogen-bond acceptors (Lipinski definition) is 9. The third-order valence-electron chi connectivity index (χ3n) is 5.43. The van der Waals surface area contributed by atoms with Crippen LogP contribution in [0.15, 0.2) is 51.9 Å². The van der Waals surface area contributed by atoms with E-state index in [9.17, 15) is 31.2 Å². The third-order valence-corrected chi connectivity index (χ3v) is 7.24. The van der Waals surface area contributed by atoms with Crippen LogP contribution < -0.4 is 20.7 Å². The van der Waals surface area contributed by atoms with Crippen molar-refractivity contribution in [2.75, 3.05) is 10.7 Å². The minimum absolute atomic E-state index is 0.0356. The van der Waals surface area contributed by atoms with E-state index in [0.717, 1.165) is 17.0 Å². The number of alkyl halides is 3. The highest BCUT2D eigenvalue weighted by molar-refractivity contribution is 7.91. The summed E-state index contributed by atoms with van der Waals surface area (Å²) in [6, 6.07) is 7.38. The van der Waals surface area contributed by atoms with E-state index in [2.05, 4.69) is 20.2 Å². The number of fused-ring (bicyclic) bond motifs is 1. The van der Waals surface area contributed by atoms with E-state index in [1.165, 1.54) is 30.3 Å². The van der Waals surface area contributed by atoms with Gasteiger partial charge in [-0.1, -0.05) is 17.3 Å². The normalized spacial score (nSPS) is 17.4. The molecule has 1 aromatic heterocycles. The zero-order chi connectivity index (χ0) is 28.8. The summed E-state index contributed by atoms with van der Waals surface area (Å²) in [6.07, 6.45) is -4.87. The Hall–Kier alpha value is -3.98. The predicted octanol–water partition coefficient (Wildman–Crippen LogP) is 2.81. The van der Waals surface area contributed by atoms with E-state index in [-0.39, 0.29) is 34.4 Å². The molecule has 0 saturated carbocycles. The fraction of sp³-hybridized carbons (Fsp3) is 0.333. The minimum Gasteiger partial charge on any atom is -0.406 e. The largest absolute Gasteiger partial charge is 0.573 e. The highest BCUT2D eigenvalue weighted by Gasteiger charge is 2.37. The summed E-state index contributed by atoms with van der Waals surface area (Å²) in [4.78, 5) is 30.6. The molecule has 3 aromatic rings. The average Bonchev–Trinajstić information content (AvgIpc) is 3.29. The maximum absolute atomic E-state index is 13.2. The maximum Gasteiger partial charge on any atom is 0.573 e. The molecular formula is C24H24F3N5O6S. The molecule has 0 unspecified atom stereocenters. The standard InChI is InChI=1S/C24H24F3N5O6S/c1-23(2,3)30-20(33)21-29-19(31-38-21)14-6-9-18-17(10-14)32(22(34)16(28)12-39(18,35)36)11-13-4-7-15(8-5-13)37-24(25,26)27/h4-10,16H,11-12,28H2,1-3H3,(H,30,33)/t16-/m0/s1. The molecule has 1 atom stereocenters. The quantitative estimate of drug-likeness (QED) is 0.473. The summed E-state index contributed by atoms with van der Waals surface area (Å²) < 4.78 is 72.5. The van der Waals surface area contributed by atoms with Crippen LogP contribution in [0.25, 0.3) is 11.4 Å². The molecule has 0 fully saturated rings. The molecule has 2 amide bonds. The van der Waals surface area contributed by atoms with E-state index >= 15 is 0 Å². The van der Waals surface area contributed by atoms with Gasteiger partial charge in [0.2, 0.25) is 11.7 Å². The molecular weight excluding hydrogens is 543 g/mol. The number of aromatic nitrogens is 2. The van der Waals surface area contributed by atoms with Crippen molar-refractivity contribution in [2.45, 2.75) is 50.2 Å². The van der Waals surface area contributed by atoms with Crippen LogP contribution in [0.5, 0.6) is 5.75 Å². The number of carbonyl (C=O) groups excluding carboxylic acids is 2. The first-order valence-corrected chi connectivity index (χ1v) is 13.1. The molecule has 39 heavy (non-hydrogen) atoms. The van der Waals surface area contributed by atoms with Crippen LogP contribution in [0.3, 0.4) is 0 Å². The number of nitrogens with one attached hydrogen (secondary N) is 1. The van der Waals surface area contributed by atoms with Crippen molar-refractivity contribution in [2.24, 2.45) is 5.73 Å². The topological polar surface area (TPSA) is 158 Å². The van der Waals surface area contributed by atoms with Crippen molar-refractivity contribution < 1.29 is 40.4 Å². The number of nitrogens with two attached hydrogens (primary N) is 1. The molecule has 1 aliphatic heterocycles. The van der Waals surface area contributed by atoms with Crippen molar-refractivity contribution in [1.29, 1.82) is 0 Å². The van der Waals surface area contributed by atoms with Crippen LogP contribution in [-0.4, -0.2) is 54.1 Å². The number of nitrogens with zero attached hydrogens (tertiary/aromatic N) is 3. The Balaban J connectivity index is 1.72. The first kappa shape index (κ1) is 28.0. The van der Waals surface area contributed by atoms with E-state index in [0.29, 0.717) is 5.56 Å². The zero-order valence-electron chi connectivity index (χ0n) is 20.9. The SMILES string of the molecule is CC(C)(C)NC(=O)c1nc(-c2ccc3c(c2)N(Cc2ccc(OC(F)(F)F)cc2)C(=O)[C@@H](N)CS3(=O)=O)no1. The highest BCUT2D eigenvalue weighted by Crippen LogP contribution is 2.35. The van der Waals surface area contributed by atoms with Gasteiger partial charge in [-0.3, -0.25) is 9.59 Å². The number of rotatable bonds is 5. The van der Waals surface area contributed by atoms with E-state index in [4.69, 9.17) is 10.3 Å². The molecule has 4 rings (SSSR count). The number of anilines is 1. The number of halogens is 3. The summed E-state index contributed by atoms with van der Waals surface area (Å²) in [5, 5.41) is 6.48. The Morgan fingerprint density at radius 3 is 2.46 bits per heavy atom. The number of sulfone groups is 1. The van der Waals surface area contributed by atoms with Gasteiger partial charge in [-0.15, -0.1) is 13.2 Å². The summed E-state index contributed by atoms with van der Waals surface area (Å²) in [5.41, 5.74) is 5.92. The summed E-state index contributed by atoms with van der Waals surface area (Å²) in [5.74, 6) is -2.80. The van der Waals surface area contributed by atoms with Gasteiger partial charge in [-0.2, -0.15) is 4.98 Å². The Bertz CT molecular complexity index is 1510. The van der Waals surface area contributed by atoms with Crippen LogP contribution in [0, 0.1) is 0 Å². The molecule has 0 bridgehead atoms. The van der Waals surface area contributed by atoms with Gasteiger partial charge in [0.1, 0.15) is 5.75 Å². The van der Waals surface area contributed by atoms with Gasteiger partial charge in [0.05, 0.1) is 28.9 Å². The highest BCUT2D eigenvalue weighted by atomic mass is 32.2. The lowest BCUT2D eigenvalue weighted by atomic mass is 10.1. The van der Waals surface area contributed by atoms with Gasteiger partial charge in [-0.25, -0.2) is 8.42 Å². The lowest BCUT2D eigenvalue weighted by Gasteiger charge is -2.24. The summed E-state index contributed by atoms with van der Waals surface area (Å²) in [6.45, 7) is 5.09. The van der Waals surface area contributed by atoms with Crippen LogP contribution in [0.2, 0.25) is 0 Å². The molecule has 0 aliphatic carbocycles. The monoisotopic (exact) mass is 567 g/mol. The van der Waals surface area contributed by atoms with Crippen LogP contribution >= 0.6 is 0 Å². The Labute approximate surface area is 221 Å². The minimum atomic E-state index is -4.87. The first-order chi connectivity index (χ1) is 18.0. The fourth-order valence-corrected chi connectivity index (χ4v) is 5.37. The van der Waals surface area contributed by atoms with Gasteiger partial charge >= 0.3 is 18.2 Å². The molecule has 208 valence electrons. The van der Waals surface area contributed by atoms with E-state index in [1.807, 2.05) is 0 Å². The zero-order valence-corrected chi connectivity index (χ0v) is 21.8. The maximum atomic E-state index is 13.2.